The van der Waals surface area contributed by atoms with E-state index in [1.165, 1.54) is 44.9 Å². The monoisotopic (exact) mass is 361 g/mol. The SMILES string of the molecule is CCCCCCCCCCCC(=O)OCCN1CCS(=O)(=O)CC1. The van der Waals surface area contributed by atoms with E-state index < -0.39 is 9.84 Å². The summed E-state index contributed by atoms with van der Waals surface area (Å²) in [6.07, 6.45) is 11.7. The number of carbonyl (C=O) groups excluding carboxylic acids is 1. The molecule has 1 rings (SSSR count). The van der Waals surface area contributed by atoms with Gasteiger partial charge < -0.3 is 4.74 Å². The number of hydrogen-bond donors (Lipinski definition) is 0. The maximum atomic E-state index is 11.7. The smallest absolute Gasteiger partial charge is 0.305 e. The minimum atomic E-state index is -2.83. The molecule has 0 aliphatic carbocycles. The van der Waals surface area contributed by atoms with Crippen molar-refractivity contribution in [2.24, 2.45) is 0 Å². The minimum absolute atomic E-state index is 0.123. The predicted molar refractivity (Wildman–Crippen MR) is 97.9 cm³/mol. The normalized spacial score (nSPS) is 17.7. The Balaban J connectivity index is 1.88. The van der Waals surface area contributed by atoms with Crippen LogP contribution < -0.4 is 0 Å². The van der Waals surface area contributed by atoms with Crippen molar-refractivity contribution < 1.29 is 17.9 Å². The lowest BCUT2D eigenvalue weighted by molar-refractivity contribution is -0.144. The second-order valence-corrected chi connectivity index (χ2v) is 9.10. The van der Waals surface area contributed by atoms with E-state index in [9.17, 15) is 13.2 Å². The highest BCUT2D eigenvalue weighted by Gasteiger charge is 2.21. The van der Waals surface area contributed by atoms with Gasteiger partial charge in [-0.05, 0) is 6.42 Å². The molecule has 6 heteroatoms. The molecule has 0 aromatic carbocycles. The van der Waals surface area contributed by atoms with Gasteiger partial charge in [-0.1, -0.05) is 58.3 Å². The van der Waals surface area contributed by atoms with Crippen molar-refractivity contribution in [2.75, 3.05) is 37.7 Å². The van der Waals surface area contributed by atoms with E-state index in [4.69, 9.17) is 4.74 Å². The third-order valence-corrected chi connectivity index (χ3v) is 6.20. The Bertz CT molecular complexity index is 422. The first kappa shape index (κ1) is 21.4. The molecule has 5 nitrogen and oxygen atoms in total. The molecule has 0 N–H and O–H groups in total. The summed E-state index contributed by atoms with van der Waals surface area (Å²) in [4.78, 5) is 13.7. The molecule has 0 aromatic rings. The highest BCUT2D eigenvalue weighted by atomic mass is 32.2. The molecule has 0 amide bonds. The molecule has 0 aromatic heterocycles. The summed E-state index contributed by atoms with van der Waals surface area (Å²) in [6.45, 7) is 4.35. The number of esters is 1. The number of hydrogen-bond acceptors (Lipinski definition) is 5. The summed E-state index contributed by atoms with van der Waals surface area (Å²) in [5, 5.41) is 0. The van der Waals surface area contributed by atoms with Crippen LogP contribution in [-0.4, -0.2) is 57.0 Å². The Morgan fingerprint density at radius 3 is 2.04 bits per heavy atom. The Labute approximate surface area is 148 Å². The Kier molecular flexibility index (Phi) is 11.3. The van der Waals surface area contributed by atoms with E-state index in [0.29, 0.717) is 32.7 Å². The van der Waals surface area contributed by atoms with Crippen LogP contribution in [0, 0.1) is 0 Å². The van der Waals surface area contributed by atoms with Gasteiger partial charge in [-0.2, -0.15) is 0 Å². The van der Waals surface area contributed by atoms with Gasteiger partial charge in [-0.3, -0.25) is 9.69 Å². The fraction of sp³-hybridized carbons (Fsp3) is 0.944. The number of carbonyl (C=O) groups is 1. The molecule has 1 saturated heterocycles. The van der Waals surface area contributed by atoms with Crippen LogP contribution in [0.15, 0.2) is 0 Å². The summed E-state index contributed by atoms with van der Waals surface area (Å²) in [7, 11) is -2.83. The zero-order valence-corrected chi connectivity index (χ0v) is 16.1. The quantitative estimate of drug-likeness (QED) is 0.372. The van der Waals surface area contributed by atoms with Crippen molar-refractivity contribution >= 4 is 15.8 Å². The minimum Gasteiger partial charge on any atom is -0.464 e. The molecule has 0 radical (unpaired) electrons. The predicted octanol–water partition coefficient (Wildman–Crippen LogP) is 3.18. The third kappa shape index (κ3) is 11.0. The maximum absolute atomic E-state index is 11.7. The van der Waals surface area contributed by atoms with Crippen LogP contribution in [0.1, 0.15) is 71.1 Å². The topological polar surface area (TPSA) is 63.7 Å². The standard InChI is InChI=1S/C18H35NO4S/c1-2-3-4-5-6-7-8-9-10-11-18(20)23-15-12-19-13-16-24(21,22)17-14-19/h2-17H2,1H3. The van der Waals surface area contributed by atoms with Crippen LogP contribution in [0.4, 0.5) is 0 Å². The van der Waals surface area contributed by atoms with Gasteiger partial charge in [0.15, 0.2) is 9.84 Å². The van der Waals surface area contributed by atoms with Gasteiger partial charge in [-0.15, -0.1) is 0 Å². The molecule has 0 bridgehead atoms. The first-order valence-electron chi connectivity index (χ1n) is 9.62. The lowest BCUT2D eigenvalue weighted by atomic mass is 10.1. The molecular weight excluding hydrogens is 326 g/mol. The van der Waals surface area contributed by atoms with Crippen molar-refractivity contribution in [2.45, 2.75) is 71.1 Å². The summed E-state index contributed by atoms with van der Waals surface area (Å²) >= 11 is 0. The summed E-state index contributed by atoms with van der Waals surface area (Å²) < 4.78 is 27.9. The third-order valence-electron chi connectivity index (χ3n) is 4.59. The zero-order chi connectivity index (χ0) is 17.7. The fourth-order valence-electron chi connectivity index (χ4n) is 2.91. The largest absolute Gasteiger partial charge is 0.464 e. The van der Waals surface area contributed by atoms with Gasteiger partial charge in [0.1, 0.15) is 6.61 Å². The Hall–Kier alpha value is -0.620. The van der Waals surface area contributed by atoms with Gasteiger partial charge in [-0.25, -0.2) is 8.42 Å². The van der Waals surface area contributed by atoms with Gasteiger partial charge >= 0.3 is 5.97 Å². The fourth-order valence-corrected chi connectivity index (χ4v) is 4.19. The summed E-state index contributed by atoms with van der Waals surface area (Å²) in [5.41, 5.74) is 0. The van der Waals surface area contributed by atoms with E-state index in [-0.39, 0.29) is 17.5 Å². The molecule has 0 spiro atoms. The van der Waals surface area contributed by atoms with Crippen molar-refractivity contribution in [3.8, 4) is 0 Å². The second kappa shape index (κ2) is 12.7. The molecule has 24 heavy (non-hydrogen) atoms. The Morgan fingerprint density at radius 1 is 0.917 bits per heavy atom. The van der Waals surface area contributed by atoms with Gasteiger partial charge in [0.25, 0.3) is 0 Å². The molecule has 1 heterocycles. The number of nitrogens with zero attached hydrogens (tertiary/aromatic N) is 1. The summed E-state index contributed by atoms with van der Waals surface area (Å²) in [6, 6.07) is 0. The number of unbranched alkanes of at least 4 members (excludes halogenated alkanes) is 8. The van der Waals surface area contributed by atoms with E-state index in [1.54, 1.807) is 0 Å². The van der Waals surface area contributed by atoms with E-state index >= 15 is 0 Å². The molecule has 0 unspecified atom stereocenters. The Morgan fingerprint density at radius 2 is 1.46 bits per heavy atom. The first-order valence-corrected chi connectivity index (χ1v) is 11.4. The van der Waals surface area contributed by atoms with Crippen molar-refractivity contribution in [1.29, 1.82) is 0 Å². The van der Waals surface area contributed by atoms with Crippen LogP contribution in [0.3, 0.4) is 0 Å². The van der Waals surface area contributed by atoms with Crippen LogP contribution >= 0.6 is 0 Å². The van der Waals surface area contributed by atoms with Gasteiger partial charge in [0.05, 0.1) is 11.5 Å². The van der Waals surface area contributed by atoms with E-state index in [0.717, 1.165) is 12.8 Å². The lowest BCUT2D eigenvalue weighted by Crippen LogP contribution is -2.41. The highest BCUT2D eigenvalue weighted by molar-refractivity contribution is 7.91. The average molecular weight is 362 g/mol. The van der Waals surface area contributed by atoms with Gasteiger partial charge in [0, 0.05) is 26.1 Å². The molecule has 1 aliphatic rings. The molecule has 1 fully saturated rings. The van der Waals surface area contributed by atoms with Gasteiger partial charge in [0.2, 0.25) is 0 Å². The van der Waals surface area contributed by atoms with Crippen molar-refractivity contribution in [3.63, 3.8) is 0 Å². The molecule has 0 saturated carbocycles. The second-order valence-electron chi connectivity index (χ2n) is 6.79. The summed E-state index contributed by atoms with van der Waals surface area (Å²) in [5.74, 6) is 0.321. The van der Waals surface area contributed by atoms with Crippen LogP contribution in [0.25, 0.3) is 0 Å². The molecule has 1 aliphatic heterocycles. The molecule has 0 atom stereocenters. The average Bonchev–Trinajstić information content (AvgIpc) is 2.55. The van der Waals surface area contributed by atoms with Crippen LogP contribution in [-0.2, 0) is 19.4 Å². The van der Waals surface area contributed by atoms with E-state index in [2.05, 4.69) is 6.92 Å². The first-order chi connectivity index (χ1) is 11.5. The van der Waals surface area contributed by atoms with Crippen LogP contribution in [0.2, 0.25) is 0 Å². The van der Waals surface area contributed by atoms with E-state index in [1.807, 2.05) is 4.90 Å². The van der Waals surface area contributed by atoms with Crippen molar-refractivity contribution in [1.82, 2.24) is 4.90 Å². The molecular formula is C18H35NO4S. The lowest BCUT2D eigenvalue weighted by Gasteiger charge is -2.26. The number of sulfone groups is 1. The zero-order valence-electron chi connectivity index (χ0n) is 15.3. The number of rotatable bonds is 13. The van der Waals surface area contributed by atoms with Crippen LogP contribution in [0.5, 0.6) is 0 Å². The molecule has 142 valence electrons. The highest BCUT2D eigenvalue weighted by Crippen LogP contribution is 2.11. The maximum Gasteiger partial charge on any atom is 0.305 e. The van der Waals surface area contributed by atoms with Crippen molar-refractivity contribution in [3.05, 3.63) is 0 Å². The number of ether oxygens (including phenoxy) is 1.